The highest BCUT2D eigenvalue weighted by Gasteiger charge is 2.18. The van der Waals surface area contributed by atoms with Gasteiger partial charge >= 0.3 is 0 Å². The predicted octanol–water partition coefficient (Wildman–Crippen LogP) is 2.64. The molecular formula is C16H22FN5OS2. The standard InChI is InChI=1S/C16H22FN5OS2/c1-18-15-19-22(16(24)25-15)11-21-7-5-20(6-8-21)10-12-3-4-14(23-2)13(17)9-12/h3-4,9H,5-8,10-11H2,1-2H3,(H,18,19). The second-order valence-electron chi connectivity index (χ2n) is 5.93. The van der Waals surface area contributed by atoms with E-state index in [1.165, 1.54) is 18.4 Å². The number of hydrogen-bond acceptors (Lipinski definition) is 7. The van der Waals surface area contributed by atoms with Crippen LogP contribution in [0.4, 0.5) is 9.52 Å². The Morgan fingerprint density at radius 3 is 2.60 bits per heavy atom. The van der Waals surface area contributed by atoms with Crippen molar-refractivity contribution in [1.82, 2.24) is 19.6 Å². The van der Waals surface area contributed by atoms with Crippen LogP contribution >= 0.6 is 23.6 Å². The van der Waals surface area contributed by atoms with Crippen LogP contribution < -0.4 is 10.1 Å². The minimum atomic E-state index is -0.308. The van der Waals surface area contributed by atoms with Gasteiger partial charge in [-0.05, 0) is 29.9 Å². The third kappa shape index (κ3) is 4.55. The number of halogens is 1. The molecule has 1 aliphatic heterocycles. The van der Waals surface area contributed by atoms with Gasteiger partial charge in [-0.2, -0.15) is 0 Å². The Hall–Kier alpha value is -1.55. The largest absolute Gasteiger partial charge is 0.494 e. The van der Waals surface area contributed by atoms with E-state index in [9.17, 15) is 4.39 Å². The lowest BCUT2D eigenvalue weighted by molar-refractivity contribution is 0.0985. The van der Waals surface area contributed by atoms with E-state index in [0.29, 0.717) is 6.67 Å². The minimum Gasteiger partial charge on any atom is -0.494 e. The number of hydrogen-bond donors (Lipinski definition) is 1. The van der Waals surface area contributed by atoms with Gasteiger partial charge in [-0.1, -0.05) is 17.4 Å². The van der Waals surface area contributed by atoms with Gasteiger partial charge in [0.25, 0.3) is 0 Å². The maximum absolute atomic E-state index is 13.8. The monoisotopic (exact) mass is 383 g/mol. The molecule has 25 heavy (non-hydrogen) atoms. The lowest BCUT2D eigenvalue weighted by Gasteiger charge is -2.34. The topological polar surface area (TPSA) is 45.6 Å². The summed E-state index contributed by atoms with van der Waals surface area (Å²) in [6.07, 6.45) is 0. The number of piperazine rings is 1. The fraction of sp³-hybridized carbons (Fsp3) is 0.500. The summed E-state index contributed by atoms with van der Waals surface area (Å²) in [4.78, 5) is 4.66. The van der Waals surface area contributed by atoms with Gasteiger partial charge in [-0.25, -0.2) is 9.07 Å². The van der Waals surface area contributed by atoms with E-state index in [1.807, 2.05) is 17.8 Å². The number of aromatic nitrogens is 2. The summed E-state index contributed by atoms with van der Waals surface area (Å²) in [7, 11) is 3.32. The summed E-state index contributed by atoms with van der Waals surface area (Å²) in [5.74, 6) is -0.0219. The molecule has 0 spiro atoms. The molecule has 1 N–H and O–H groups in total. The Balaban J connectivity index is 1.52. The molecule has 136 valence electrons. The first-order valence-corrected chi connectivity index (χ1v) is 9.34. The second kappa shape index (κ2) is 8.22. The van der Waals surface area contributed by atoms with Gasteiger partial charge < -0.3 is 10.1 Å². The molecule has 1 fully saturated rings. The molecule has 9 heteroatoms. The molecule has 1 aromatic heterocycles. The van der Waals surface area contributed by atoms with E-state index in [0.717, 1.165) is 47.4 Å². The lowest BCUT2D eigenvalue weighted by Crippen LogP contribution is -2.46. The van der Waals surface area contributed by atoms with Crippen LogP contribution in [0.3, 0.4) is 0 Å². The third-order valence-electron chi connectivity index (χ3n) is 4.24. The molecule has 1 aliphatic rings. The summed E-state index contributed by atoms with van der Waals surface area (Å²) in [5, 5.41) is 8.31. The van der Waals surface area contributed by atoms with Crippen molar-refractivity contribution in [2.24, 2.45) is 0 Å². The number of nitrogens with one attached hydrogen (secondary N) is 1. The van der Waals surface area contributed by atoms with Crippen LogP contribution in [0, 0.1) is 9.77 Å². The maximum atomic E-state index is 13.8. The quantitative estimate of drug-likeness (QED) is 0.774. The molecule has 3 rings (SSSR count). The SMILES string of the molecule is CNc1nn(CN2CCN(Cc3ccc(OC)c(F)c3)CC2)c(=S)s1. The average molecular weight is 384 g/mol. The van der Waals surface area contributed by atoms with Gasteiger partial charge in [0, 0.05) is 39.8 Å². The summed E-state index contributed by atoms with van der Waals surface area (Å²) in [6, 6.07) is 5.16. The number of anilines is 1. The smallest absolute Gasteiger partial charge is 0.204 e. The minimum absolute atomic E-state index is 0.287. The molecule has 0 amide bonds. The molecule has 0 radical (unpaired) electrons. The zero-order valence-corrected chi connectivity index (χ0v) is 16.0. The van der Waals surface area contributed by atoms with Crippen LogP contribution in [-0.2, 0) is 13.2 Å². The molecule has 2 heterocycles. The molecule has 0 unspecified atom stereocenters. The first kappa shape index (κ1) is 18.2. The lowest BCUT2D eigenvalue weighted by atomic mass is 10.2. The Labute approximate surface area is 155 Å². The Kier molecular flexibility index (Phi) is 6.00. The van der Waals surface area contributed by atoms with Gasteiger partial charge in [0.1, 0.15) is 0 Å². The zero-order valence-electron chi connectivity index (χ0n) is 14.4. The maximum Gasteiger partial charge on any atom is 0.204 e. The van der Waals surface area contributed by atoms with Crippen molar-refractivity contribution >= 4 is 28.7 Å². The fourth-order valence-electron chi connectivity index (χ4n) is 2.84. The summed E-state index contributed by atoms with van der Waals surface area (Å²) in [6.45, 7) is 5.20. The molecule has 0 saturated carbocycles. The third-order valence-corrected chi connectivity index (χ3v) is 5.57. The van der Waals surface area contributed by atoms with Gasteiger partial charge in [0.2, 0.25) is 5.13 Å². The first-order chi connectivity index (χ1) is 12.1. The zero-order chi connectivity index (χ0) is 17.8. The second-order valence-corrected chi connectivity index (χ2v) is 7.55. The van der Waals surface area contributed by atoms with Crippen LogP contribution in [0.5, 0.6) is 5.75 Å². The number of ether oxygens (including phenoxy) is 1. The van der Waals surface area contributed by atoms with E-state index < -0.39 is 0 Å². The number of rotatable bonds is 6. The molecule has 0 bridgehead atoms. The molecule has 6 nitrogen and oxygen atoms in total. The highest BCUT2D eigenvalue weighted by atomic mass is 32.1. The van der Waals surface area contributed by atoms with Crippen LogP contribution in [0.25, 0.3) is 0 Å². The summed E-state index contributed by atoms with van der Waals surface area (Å²) < 4.78 is 21.4. The van der Waals surface area contributed by atoms with E-state index in [2.05, 4.69) is 20.2 Å². The average Bonchev–Trinajstić information content (AvgIpc) is 2.97. The van der Waals surface area contributed by atoms with E-state index in [-0.39, 0.29) is 11.6 Å². The summed E-state index contributed by atoms with van der Waals surface area (Å²) >= 11 is 6.83. The molecule has 1 saturated heterocycles. The first-order valence-electron chi connectivity index (χ1n) is 8.12. The van der Waals surface area contributed by atoms with E-state index in [4.69, 9.17) is 17.0 Å². The molecule has 1 aromatic carbocycles. The van der Waals surface area contributed by atoms with Crippen molar-refractivity contribution < 1.29 is 9.13 Å². The van der Waals surface area contributed by atoms with Gasteiger partial charge in [-0.15, -0.1) is 5.10 Å². The van der Waals surface area contributed by atoms with Crippen molar-refractivity contribution in [3.8, 4) is 5.75 Å². The Morgan fingerprint density at radius 2 is 2.00 bits per heavy atom. The van der Waals surface area contributed by atoms with Crippen molar-refractivity contribution in [1.29, 1.82) is 0 Å². The van der Waals surface area contributed by atoms with Crippen LogP contribution in [0.1, 0.15) is 5.56 Å². The molecule has 0 atom stereocenters. The van der Waals surface area contributed by atoms with Gasteiger partial charge in [0.15, 0.2) is 15.5 Å². The van der Waals surface area contributed by atoms with Crippen molar-refractivity contribution in [2.75, 3.05) is 45.7 Å². The van der Waals surface area contributed by atoms with Crippen LogP contribution in [0.2, 0.25) is 0 Å². The van der Waals surface area contributed by atoms with Crippen molar-refractivity contribution in [3.05, 3.63) is 33.5 Å². The Bertz CT molecular complexity index is 770. The molecule has 0 aliphatic carbocycles. The molecule has 2 aromatic rings. The van der Waals surface area contributed by atoms with Gasteiger partial charge in [0.05, 0.1) is 13.8 Å². The van der Waals surface area contributed by atoms with E-state index in [1.54, 1.807) is 12.1 Å². The van der Waals surface area contributed by atoms with E-state index >= 15 is 0 Å². The van der Waals surface area contributed by atoms with Crippen LogP contribution in [0.15, 0.2) is 18.2 Å². The number of nitrogens with zero attached hydrogens (tertiary/aromatic N) is 4. The van der Waals surface area contributed by atoms with Gasteiger partial charge in [-0.3, -0.25) is 9.80 Å². The summed E-state index contributed by atoms with van der Waals surface area (Å²) in [5.41, 5.74) is 0.965. The fourth-order valence-corrected chi connectivity index (χ4v) is 3.79. The highest BCUT2D eigenvalue weighted by molar-refractivity contribution is 7.73. The van der Waals surface area contributed by atoms with Crippen molar-refractivity contribution in [2.45, 2.75) is 13.2 Å². The number of benzene rings is 1. The van der Waals surface area contributed by atoms with Crippen molar-refractivity contribution in [3.63, 3.8) is 0 Å². The predicted molar refractivity (Wildman–Crippen MR) is 100 cm³/mol. The highest BCUT2D eigenvalue weighted by Crippen LogP contribution is 2.19. The normalized spacial score (nSPS) is 16.1. The number of methoxy groups -OCH3 is 1. The Morgan fingerprint density at radius 1 is 1.28 bits per heavy atom. The molecular weight excluding hydrogens is 361 g/mol. The van der Waals surface area contributed by atoms with Crippen LogP contribution in [-0.4, -0.2) is 59.9 Å².